The van der Waals surface area contributed by atoms with E-state index in [1.807, 2.05) is 11.8 Å². The van der Waals surface area contributed by atoms with Crippen molar-refractivity contribution in [2.24, 2.45) is 11.7 Å². The van der Waals surface area contributed by atoms with E-state index in [2.05, 4.69) is 11.7 Å². The molecule has 3 N–H and O–H groups in total. The minimum atomic E-state index is -0.662. The Labute approximate surface area is 151 Å². The minimum Gasteiger partial charge on any atom is -0.483 e. The number of halogens is 1. The highest BCUT2D eigenvalue weighted by Crippen LogP contribution is 2.43. The van der Waals surface area contributed by atoms with Crippen LogP contribution in [-0.4, -0.2) is 35.5 Å². The molecule has 1 fully saturated rings. The number of anilines is 1. The van der Waals surface area contributed by atoms with Crippen molar-refractivity contribution in [2.75, 3.05) is 24.6 Å². The van der Waals surface area contributed by atoms with Crippen LogP contribution in [0.25, 0.3) is 27.7 Å². The second-order valence-electron chi connectivity index (χ2n) is 7.21. The maximum Gasteiger partial charge on any atom is 0.293 e. The molecule has 0 radical (unpaired) electrons. The molecule has 0 aliphatic carbocycles. The minimum absolute atomic E-state index is 0.0445. The zero-order valence-corrected chi connectivity index (χ0v) is 14.5. The first-order valence-electron chi connectivity index (χ1n) is 8.62. The summed E-state index contributed by atoms with van der Waals surface area (Å²) in [5.41, 5.74) is 5.96. The topological polar surface area (TPSA) is 106 Å². The second-order valence-corrected chi connectivity index (χ2v) is 7.21. The molecule has 2 aromatic heterocycles. The van der Waals surface area contributed by atoms with Crippen LogP contribution in [0.2, 0.25) is 0 Å². The highest BCUT2D eigenvalue weighted by atomic mass is 19.1. The number of nitrogens with zero attached hydrogens (tertiary/aromatic N) is 2. The van der Waals surface area contributed by atoms with Gasteiger partial charge in [-0.2, -0.15) is 5.16 Å². The quantitative estimate of drug-likeness (QED) is 0.665. The average molecular weight is 372 g/mol. The molecule has 1 aromatic carbocycles. The van der Waals surface area contributed by atoms with E-state index in [4.69, 9.17) is 15.0 Å². The molecule has 0 bridgehead atoms. The summed E-state index contributed by atoms with van der Waals surface area (Å²) in [7, 11) is 0. The van der Waals surface area contributed by atoms with Gasteiger partial charge in [0.2, 0.25) is 11.1 Å². The lowest BCUT2D eigenvalue weighted by molar-refractivity contribution is 0.354. The highest BCUT2D eigenvalue weighted by Gasteiger charge is 2.34. The van der Waals surface area contributed by atoms with Crippen molar-refractivity contribution in [3.63, 3.8) is 0 Å². The Bertz CT molecular complexity index is 1240. The summed E-state index contributed by atoms with van der Waals surface area (Å²) in [5.74, 6) is -0.158. The number of aromatic nitrogens is 2. The molecule has 2 unspecified atom stereocenters. The van der Waals surface area contributed by atoms with Crippen molar-refractivity contribution >= 4 is 33.4 Å². The molecule has 0 amide bonds. The largest absolute Gasteiger partial charge is 0.483 e. The summed E-state index contributed by atoms with van der Waals surface area (Å²) in [5, 5.41) is 2.05. The third-order valence-electron chi connectivity index (χ3n) is 5.45. The first-order valence-corrected chi connectivity index (χ1v) is 8.62. The summed E-state index contributed by atoms with van der Waals surface area (Å²) in [6.45, 7) is 7.06. The molecule has 0 spiro atoms. The number of hydrogen-bond acceptors (Lipinski definition) is 6. The summed E-state index contributed by atoms with van der Waals surface area (Å²) >= 11 is 0. The number of aromatic amines is 1. The summed E-state index contributed by atoms with van der Waals surface area (Å²) in [6, 6.07) is 1.06. The Morgan fingerprint density at radius 3 is 2.85 bits per heavy atom. The Morgan fingerprint density at radius 1 is 1.37 bits per heavy atom. The van der Waals surface area contributed by atoms with E-state index in [1.165, 1.54) is 0 Å². The normalized spacial score (nSPS) is 22.0. The zero-order valence-electron chi connectivity index (χ0n) is 14.5. The monoisotopic (exact) mass is 372 g/mol. The van der Waals surface area contributed by atoms with Crippen molar-refractivity contribution in [3.8, 4) is 5.75 Å². The van der Waals surface area contributed by atoms with Gasteiger partial charge in [0.25, 0.3) is 5.56 Å². The van der Waals surface area contributed by atoms with Gasteiger partial charge >= 0.3 is 0 Å². The number of nitrogens with one attached hydrogen (secondary N) is 1. The summed E-state index contributed by atoms with van der Waals surface area (Å²) in [6.07, 6.45) is 0. The molecule has 8 nitrogen and oxygen atoms in total. The highest BCUT2D eigenvalue weighted by molar-refractivity contribution is 6.01. The van der Waals surface area contributed by atoms with E-state index in [1.54, 1.807) is 4.57 Å². The maximum absolute atomic E-state index is 15.1. The third-order valence-corrected chi connectivity index (χ3v) is 5.45. The Kier molecular flexibility index (Phi) is 3.12. The molecular formula is C18H17FN4O4. The van der Waals surface area contributed by atoms with Gasteiger partial charge in [-0.25, -0.2) is 4.39 Å². The van der Waals surface area contributed by atoms with E-state index in [-0.39, 0.29) is 46.5 Å². The van der Waals surface area contributed by atoms with Gasteiger partial charge in [0, 0.05) is 19.1 Å². The van der Waals surface area contributed by atoms with Crippen LogP contribution in [0.1, 0.15) is 6.92 Å². The second kappa shape index (κ2) is 5.23. The molecule has 5 rings (SSSR count). The van der Waals surface area contributed by atoms with Gasteiger partial charge in [-0.3, -0.25) is 14.2 Å². The van der Waals surface area contributed by atoms with Crippen LogP contribution in [-0.2, 0) is 0 Å². The fourth-order valence-corrected chi connectivity index (χ4v) is 4.02. The maximum atomic E-state index is 15.1. The average Bonchev–Trinajstić information content (AvgIpc) is 3.16. The summed E-state index contributed by atoms with van der Waals surface area (Å²) in [4.78, 5) is 26.7. The first-order chi connectivity index (χ1) is 12.9. The van der Waals surface area contributed by atoms with Crippen LogP contribution in [0.15, 0.2) is 26.8 Å². The SMILES string of the molecule is C=C1COc2c(N3CC(C)C(N)C3)c(F)cc3c(=O)c4c(=O)[nH]oc4n1c23. The zero-order chi connectivity index (χ0) is 19.0. The Balaban J connectivity index is 1.93. The number of benzene rings is 1. The molecule has 0 saturated carbocycles. The van der Waals surface area contributed by atoms with Crippen molar-refractivity contribution in [1.29, 1.82) is 0 Å². The van der Waals surface area contributed by atoms with E-state index < -0.39 is 16.8 Å². The van der Waals surface area contributed by atoms with Crippen LogP contribution in [0.5, 0.6) is 5.75 Å². The number of nitrogens with two attached hydrogens (primary N) is 1. The van der Waals surface area contributed by atoms with Crippen LogP contribution >= 0.6 is 0 Å². The molecule has 9 heteroatoms. The van der Waals surface area contributed by atoms with Crippen molar-refractivity contribution in [1.82, 2.24) is 9.72 Å². The smallest absolute Gasteiger partial charge is 0.293 e. The lowest BCUT2D eigenvalue weighted by Gasteiger charge is -2.28. The van der Waals surface area contributed by atoms with Crippen LogP contribution < -0.4 is 26.4 Å². The molecular weight excluding hydrogens is 355 g/mol. The third kappa shape index (κ3) is 2.00. The Hall–Kier alpha value is -3.07. The number of pyridine rings is 1. The predicted octanol–water partition coefficient (Wildman–Crippen LogP) is 1.22. The van der Waals surface area contributed by atoms with Gasteiger partial charge in [-0.1, -0.05) is 13.5 Å². The van der Waals surface area contributed by atoms with Crippen LogP contribution in [0.3, 0.4) is 0 Å². The van der Waals surface area contributed by atoms with E-state index >= 15 is 4.39 Å². The number of ether oxygens (including phenoxy) is 1. The molecule has 2 atom stereocenters. The molecule has 140 valence electrons. The van der Waals surface area contributed by atoms with Crippen molar-refractivity contribution in [2.45, 2.75) is 13.0 Å². The van der Waals surface area contributed by atoms with E-state index in [0.717, 1.165) is 6.07 Å². The molecule has 4 heterocycles. The molecule has 3 aromatic rings. The van der Waals surface area contributed by atoms with Crippen molar-refractivity contribution < 1.29 is 13.7 Å². The Morgan fingerprint density at radius 2 is 2.15 bits per heavy atom. The first kappa shape index (κ1) is 16.1. The van der Waals surface area contributed by atoms with Gasteiger partial charge < -0.3 is 19.9 Å². The molecule has 27 heavy (non-hydrogen) atoms. The number of rotatable bonds is 1. The number of hydrogen-bond donors (Lipinski definition) is 2. The standard InChI is InChI=1S/C18H17FN4O4/c1-7-4-22(5-11(7)20)14-10(19)3-9-13-16(14)26-6-8(2)23(13)18-12(15(9)24)17(25)21-27-18/h3,7,11H,2,4-6,20H2,1H3,(H,21,25). The number of fused-ring (bicyclic) bond motifs is 2. The van der Waals surface area contributed by atoms with Gasteiger partial charge in [0.15, 0.2) is 17.0 Å². The van der Waals surface area contributed by atoms with Gasteiger partial charge in [0.1, 0.15) is 17.8 Å². The fraction of sp³-hybridized carbons (Fsp3) is 0.333. The van der Waals surface area contributed by atoms with Crippen LogP contribution in [0, 0.1) is 11.7 Å². The van der Waals surface area contributed by atoms with Gasteiger partial charge in [-0.05, 0) is 12.0 Å². The lowest BCUT2D eigenvalue weighted by Crippen LogP contribution is -2.29. The fourth-order valence-electron chi connectivity index (χ4n) is 4.02. The lowest BCUT2D eigenvalue weighted by atomic mass is 10.1. The van der Waals surface area contributed by atoms with Gasteiger partial charge in [0.05, 0.1) is 11.1 Å². The molecule has 2 aliphatic heterocycles. The molecule has 2 aliphatic rings. The van der Waals surface area contributed by atoms with E-state index in [9.17, 15) is 9.59 Å². The summed E-state index contributed by atoms with van der Waals surface area (Å²) < 4.78 is 27.7. The van der Waals surface area contributed by atoms with Crippen molar-refractivity contribution in [3.05, 3.63) is 39.0 Å². The number of H-pyrrole nitrogens is 1. The van der Waals surface area contributed by atoms with Crippen LogP contribution in [0.4, 0.5) is 10.1 Å². The van der Waals surface area contributed by atoms with Gasteiger partial charge in [-0.15, -0.1) is 0 Å². The van der Waals surface area contributed by atoms with E-state index in [0.29, 0.717) is 24.3 Å². The predicted molar refractivity (Wildman–Crippen MR) is 98.7 cm³/mol. The molecule has 1 saturated heterocycles.